The molecule has 0 spiro atoms. The Balaban J connectivity index is 2.18. The molecule has 106 valence electrons. The minimum atomic E-state index is -4.41. The summed E-state index contributed by atoms with van der Waals surface area (Å²) < 4.78 is 36.2. The highest BCUT2D eigenvalue weighted by Crippen LogP contribution is 2.30. The number of nitrogens with one attached hydrogen (secondary N) is 1. The molecule has 0 unspecified atom stereocenters. The first kappa shape index (κ1) is 14.5. The molecule has 0 saturated carbocycles. The number of alkyl halides is 3. The summed E-state index contributed by atoms with van der Waals surface area (Å²) in [5.74, 6) is -0.708. The van der Waals surface area contributed by atoms with Crippen LogP contribution in [0.3, 0.4) is 0 Å². The van der Waals surface area contributed by atoms with Gasteiger partial charge in [-0.1, -0.05) is 6.07 Å². The standard InChI is InChI=1S/C13H11F3N2OS/c1-8-5-10(9-3-2-4-17-6-9)20-11(8)12(19)18-7-13(14,15)16/h2-6H,7H2,1H3,(H,18,19). The molecule has 2 aromatic rings. The van der Waals surface area contributed by atoms with E-state index in [-0.39, 0.29) is 4.88 Å². The fourth-order valence-corrected chi connectivity index (χ4v) is 2.70. The zero-order valence-electron chi connectivity index (χ0n) is 10.5. The van der Waals surface area contributed by atoms with E-state index in [0.717, 1.165) is 21.8 Å². The van der Waals surface area contributed by atoms with Crippen LogP contribution in [0, 0.1) is 6.92 Å². The van der Waals surface area contributed by atoms with Gasteiger partial charge in [0.05, 0.1) is 4.88 Å². The molecule has 1 N–H and O–H groups in total. The summed E-state index contributed by atoms with van der Waals surface area (Å²) in [6, 6.07) is 5.35. The lowest BCUT2D eigenvalue weighted by Gasteiger charge is -2.07. The van der Waals surface area contributed by atoms with Crippen molar-refractivity contribution in [3.63, 3.8) is 0 Å². The van der Waals surface area contributed by atoms with Gasteiger partial charge in [-0.25, -0.2) is 0 Å². The van der Waals surface area contributed by atoms with Crippen molar-refractivity contribution in [3.8, 4) is 10.4 Å². The Morgan fingerprint density at radius 3 is 2.80 bits per heavy atom. The number of pyridine rings is 1. The van der Waals surface area contributed by atoms with E-state index in [4.69, 9.17) is 0 Å². The first-order valence-corrected chi connectivity index (χ1v) is 6.54. The maximum atomic E-state index is 12.1. The van der Waals surface area contributed by atoms with Gasteiger partial charge >= 0.3 is 6.18 Å². The normalized spacial score (nSPS) is 11.4. The third-order valence-electron chi connectivity index (χ3n) is 2.52. The molecule has 2 heterocycles. The number of carbonyl (C=O) groups excluding carboxylic acids is 1. The van der Waals surface area contributed by atoms with Crippen LogP contribution in [0.1, 0.15) is 15.2 Å². The number of hydrogen-bond acceptors (Lipinski definition) is 3. The van der Waals surface area contributed by atoms with Crippen LogP contribution in [-0.4, -0.2) is 23.6 Å². The quantitative estimate of drug-likeness (QED) is 0.944. The minimum Gasteiger partial charge on any atom is -0.342 e. The van der Waals surface area contributed by atoms with E-state index in [1.165, 1.54) is 0 Å². The highest BCUT2D eigenvalue weighted by atomic mass is 32.1. The summed E-state index contributed by atoms with van der Waals surface area (Å²) in [5, 5.41) is 1.88. The lowest BCUT2D eigenvalue weighted by atomic mass is 10.2. The number of thiophene rings is 1. The van der Waals surface area contributed by atoms with Crippen molar-refractivity contribution in [2.75, 3.05) is 6.54 Å². The van der Waals surface area contributed by atoms with Crippen LogP contribution < -0.4 is 5.32 Å². The van der Waals surface area contributed by atoms with Crippen molar-refractivity contribution < 1.29 is 18.0 Å². The van der Waals surface area contributed by atoms with E-state index in [1.54, 1.807) is 31.5 Å². The molecule has 0 saturated heterocycles. The molecular weight excluding hydrogens is 289 g/mol. The molecule has 0 radical (unpaired) electrons. The Bertz CT molecular complexity index is 608. The largest absolute Gasteiger partial charge is 0.405 e. The van der Waals surface area contributed by atoms with Crippen molar-refractivity contribution in [2.45, 2.75) is 13.1 Å². The maximum Gasteiger partial charge on any atom is 0.405 e. The van der Waals surface area contributed by atoms with Crippen LogP contribution in [0.2, 0.25) is 0 Å². The number of amides is 1. The van der Waals surface area contributed by atoms with Gasteiger partial charge in [-0.15, -0.1) is 11.3 Å². The van der Waals surface area contributed by atoms with Crippen molar-refractivity contribution in [3.05, 3.63) is 41.0 Å². The molecule has 20 heavy (non-hydrogen) atoms. The van der Waals surface area contributed by atoms with Crippen molar-refractivity contribution in [2.24, 2.45) is 0 Å². The Labute approximate surface area is 117 Å². The third-order valence-corrected chi connectivity index (χ3v) is 3.80. The van der Waals surface area contributed by atoms with Crippen molar-refractivity contribution >= 4 is 17.2 Å². The maximum absolute atomic E-state index is 12.1. The number of nitrogens with zero attached hydrogens (tertiary/aromatic N) is 1. The Morgan fingerprint density at radius 2 is 2.20 bits per heavy atom. The monoisotopic (exact) mass is 300 g/mol. The fraction of sp³-hybridized carbons (Fsp3) is 0.231. The van der Waals surface area contributed by atoms with E-state index < -0.39 is 18.6 Å². The zero-order valence-corrected chi connectivity index (χ0v) is 11.3. The molecule has 0 bridgehead atoms. The van der Waals surface area contributed by atoms with Gasteiger partial charge in [0.1, 0.15) is 6.54 Å². The van der Waals surface area contributed by atoms with Crippen LogP contribution in [0.15, 0.2) is 30.6 Å². The smallest absolute Gasteiger partial charge is 0.342 e. The van der Waals surface area contributed by atoms with Gasteiger partial charge in [0.2, 0.25) is 0 Å². The van der Waals surface area contributed by atoms with Gasteiger partial charge in [0, 0.05) is 22.8 Å². The van der Waals surface area contributed by atoms with E-state index in [0.29, 0.717) is 5.56 Å². The number of carbonyl (C=O) groups is 1. The van der Waals surface area contributed by atoms with Crippen LogP contribution in [0.4, 0.5) is 13.2 Å². The molecule has 0 aliphatic heterocycles. The van der Waals surface area contributed by atoms with Gasteiger partial charge in [0.25, 0.3) is 5.91 Å². The molecule has 0 aromatic carbocycles. The predicted molar refractivity (Wildman–Crippen MR) is 70.7 cm³/mol. The Kier molecular flexibility index (Phi) is 4.08. The number of hydrogen-bond donors (Lipinski definition) is 1. The minimum absolute atomic E-state index is 0.285. The molecule has 7 heteroatoms. The van der Waals surface area contributed by atoms with E-state index >= 15 is 0 Å². The van der Waals surface area contributed by atoms with Crippen LogP contribution in [0.25, 0.3) is 10.4 Å². The number of halogens is 3. The van der Waals surface area contributed by atoms with Crippen molar-refractivity contribution in [1.82, 2.24) is 10.3 Å². The lowest BCUT2D eigenvalue weighted by Crippen LogP contribution is -2.33. The van der Waals surface area contributed by atoms with Gasteiger partial charge in [-0.2, -0.15) is 13.2 Å². The number of rotatable bonds is 3. The topological polar surface area (TPSA) is 42.0 Å². The molecular formula is C13H11F3N2OS. The molecule has 0 atom stereocenters. The second-order valence-electron chi connectivity index (χ2n) is 4.16. The second-order valence-corrected chi connectivity index (χ2v) is 5.21. The molecule has 0 aliphatic rings. The summed E-state index contributed by atoms with van der Waals surface area (Å²) in [6.07, 6.45) is -1.14. The first-order chi connectivity index (χ1) is 9.37. The average molecular weight is 300 g/mol. The van der Waals surface area contributed by atoms with Crippen molar-refractivity contribution in [1.29, 1.82) is 0 Å². The van der Waals surface area contributed by atoms with Crippen LogP contribution >= 0.6 is 11.3 Å². The van der Waals surface area contributed by atoms with Gasteiger partial charge in [0.15, 0.2) is 0 Å². The number of aryl methyl sites for hydroxylation is 1. The molecule has 0 aliphatic carbocycles. The lowest BCUT2D eigenvalue weighted by molar-refractivity contribution is -0.123. The molecule has 2 aromatic heterocycles. The summed E-state index contributed by atoms with van der Waals surface area (Å²) in [7, 11) is 0. The average Bonchev–Trinajstić information content (AvgIpc) is 2.78. The van der Waals surface area contributed by atoms with Gasteiger partial charge in [-0.3, -0.25) is 9.78 Å². The van der Waals surface area contributed by atoms with Gasteiger partial charge < -0.3 is 5.32 Å². The Hall–Kier alpha value is -1.89. The van der Waals surface area contributed by atoms with Crippen LogP contribution in [0.5, 0.6) is 0 Å². The zero-order chi connectivity index (χ0) is 14.8. The summed E-state index contributed by atoms with van der Waals surface area (Å²) in [4.78, 5) is 16.8. The highest BCUT2D eigenvalue weighted by molar-refractivity contribution is 7.17. The summed E-state index contributed by atoms with van der Waals surface area (Å²) in [5.41, 5.74) is 1.48. The summed E-state index contributed by atoms with van der Waals surface area (Å²) in [6.45, 7) is 0.365. The SMILES string of the molecule is Cc1cc(-c2cccnc2)sc1C(=O)NCC(F)(F)F. The number of aromatic nitrogens is 1. The molecule has 0 fully saturated rings. The van der Waals surface area contributed by atoms with Crippen LogP contribution in [-0.2, 0) is 0 Å². The Morgan fingerprint density at radius 1 is 1.45 bits per heavy atom. The van der Waals surface area contributed by atoms with E-state index in [2.05, 4.69) is 4.98 Å². The molecule has 1 amide bonds. The first-order valence-electron chi connectivity index (χ1n) is 5.72. The molecule has 3 nitrogen and oxygen atoms in total. The fourth-order valence-electron chi connectivity index (χ4n) is 1.62. The summed E-state index contributed by atoms with van der Waals surface area (Å²) >= 11 is 1.15. The van der Waals surface area contributed by atoms with E-state index in [1.807, 2.05) is 11.4 Å². The van der Waals surface area contributed by atoms with E-state index in [9.17, 15) is 18.0 Å². The predicted octanol–water partition coefficient (Wildman–Crippen LogP) is 3.41. The second kappa shape index (κ2) is 5.62. The molecule has 2 rings (SSSR count). The van der Waals surface area contributed by atoms with Gasteiger partial charge in [-0.05, 0) is 24.6 Å². The highest BCUT2D eigenvalue weighted by Gasteiger charge is 2.28. The third kappa shape index (κ3) is 3.57.